The van der Waals surface area contributed by atoms with Gasteiger partial charge in [-0.3, -0.25) is 23.4 Å². The van der Waals surface area contributed by atoms with Crippen LogP contribution in [0.25, 0.3) is 0 Å². The maximum atomic E-state index is 12.6. The molecule has 12 nitrogen and oxygen atoms in total. The Morgan fingerprint density at radius 1 is 0.593 bits per heavy atom. The number of carbonyl (C=O) groups excluding carboxylic acids is 2. The van der Waals surface area contributed by atoms with Gasteiger partial charge in [-0.15, -0.1) is 0 Å². The molecule has 336 valence electrons. The molecule has 0 aliphatic carbocycles. The molecule has 0 radical (unpaired) electrons. The SMILES string of the molecule is CCCCC/C=C\C/C=C\C/C=C\CCCCCCC(=O)O[C@H](COC(=O)CCC/C=C\C/C=C\C/C=C\C/C=C\CC[C@@H](O)CC)COP(=O)(O)OC[C@H](N)C(=O)O. The zero-order valence-electron chi connectivity index (χ0n) is 35.9. The van der Waals surface area contributed by atoms with E-state index in [9.17, 15) is 28.9 Å². The summed E-state index contributed by atoms with van der Waals surface area (Å²) >= 11 is 0. The lowest BCUT2D eigenvalue weighted by atomic mass is 10.1. The van der Waals surface area contributed by atoms with Crippen LogP contribution in [-0.4, -0.2) is 71.1 Å². The highest BCUT2D eigenvalue weighted by Crippen LogP contribution is 2.43. The lowest BCUT2D eigenvalue weighted by Crippen LogP contribution is -2.34. The van der Waals surface area contributed by atoms with Crippen molar-refractivity contribution in [2.75, 3.05) is 19.8 Å². The first kappa shape index (κ1) is 55.6. The number of carbonyl (C=O) groups is 3. The molecule has 0 aliphatic rings. The Kier molecular flexibility index (Phi) is 37.8. The number of ether oxygens (including phenoxy) is 2. The molecule has 0 aromatic heterocycles. The van der Waals surface area contributed by atoms with E-state index in [0.717, 1.165) is 83.5 Å². The molecular weight excluding hydrogens is 773 g/mol. The number of carboxylic acids is 1. The Balaban J connectivity index is 4.53. The predicted octanol–water partition coefficient (Wildman–Crippen LogP) is 10.5. The summed E-state index contributed by atoms with van der Waals surface area (Å²) in [7, 11) is -4.75. The molecule has 0 saturated carbocycles. The summed E-state index contributed by atoms with van der Waals surface area (Å²) in [6, 6.07) is -1.54. The Morgan fingerprint density at radius 3 is 1.58 bits per heavy atom. The summed E-state index contributed by atoms with van der Waals surface area (Å²) < 4.78 is 32.6. The highest BCUT2D eigenvalue weighted by molar-refractivity contribution is 7.47. The van der Waals surface area contributed by atoms with E-state index in [-0.39, 0.29) is 18.9 Å². The molecule has 5 N–H and O–H groups in total. The third-order valence-electron chi connectivity index (χ3n) is 8.78. The summed E-state index contributed by atoms with van der Waals surface area (Å²) in [6.45, 7) is 2.39. The van der Waals surface area contributed by atoms with Crippen LogP contribution in [0, 0.1) is 0 Å². The normalized spacial score (nSPS) is 15.1. The van der Waals surface area contributed by atoms with Crippen molar-refractivity contribution in [1.82, 2.24) is 0 Å². The summed E-state index contributed by atoms with van der Waals surface area (Å²) in [5, 5.41) is 18.4. The molecule has 0 bridgehead atoms. The van der Waals surface area contributed by atoms with E-state index in [1.54, 1.807) is 0 Å². The number of aliphatic hydroxyl groups is 1. The van der Waals surface area contributed by atoms with Crippen molar-refractivity contribution in [2.45, 2.75) is 167 Å². The Morgan fingerprint density at radius 2 is 1.05 bits per heavy atom. The van der Waals surface area contributed by atoms with Gasteiger partial charge < -0.3 is 30.3 Å². The van der Waals surface area contributed by atoms with Crippen LogP contribution >= 0.6 is 7.82 Å². The zero-order chi connectivity index (χ0) is 43.7. The molecule has 0 rings (SSSR count). The molecule has 4 atom stereocenters. The number of esters is 2. The van der Waals surface area contributed by atoms with Gasteiger partial charge in [0.2, 0.25) is 0 Å². The van der Waals surface area contributed by atoms with Gasteiger partial charge in [0.25, 0.3) is 0 Å². The van der Waals surface area contributed by atoms with Crippen LogP contribution in [0.2, 0.25) is 0 Å². The van der Waals surface area contributed by atoms with Crippen molar-refractivity contribution < 1.29 is 52.6 Å². The lowest BCUT2D eigenvalue weighted by molar-refractivity contribution is -0.161. The van der Waals surface area contributed by atoms with Crippen LogP contribution in [0.5, 0.6) is 0 Å². The molecule has 0 spiro atoms. The molecule has 0 fully saturated rings. The average Bonchev–Trinajstić information content (AvgIpc) is 3.21. The van der Waals surface area contributed by atoms with Crippen molar-refractivity contribution in [3.8, 4) is 0 Å². The number of allylic oxidation sites excluding steroid dienone is 14. The van der Waals surface area contributed by atoms with Gasteiger partial charge in [-0.05, 0) is 96.3 Å². The summed E-state index contributed by atoms with van der Waals surface area (Å²) in [4.78, 5) is 45.9. The van der Waals surface area contributed by atoms with E-state index in [4.69, 9.17) is 24.8 Å². The first-order valence-electron chi connectivity index (χ1n) is 21.7. The molecule has 0 saturated heterocycles. The third kappa shape index (κ3) is 39.8. The van der Waals surface area contributed by atoms with Crippen molar-refractivity contribution in [3.63, 3.8) is 0 Å². The minimum Gasteiger partial charge on any atom is -0.480 e. The van der Waals surface area contributed by atoms with Crippen molar-refractivity contribution in [1.29, 1.82) is 0 Å². The number of aliphatic hydroxyl groups excluding tert-OH is 1. The monoisotopic (exact) mass is 850 g/mol. The van der Waals surface area contributed by atoms with Crippen LogP contribution in [0.15, 0.2) is 85.1 Å². The number of nitrogens with two attached hydrogens (primary N) is 1. The van der Waals surface area contributed by atoms with E-state index < -0.39 is 57.7 Å². The van der Waals surface area contributed by atoms with Crippen LogP contribution in [0.4, 0.5) is 0 Å². The van der Waals surface area contributed by atoms with Crippen LogP contribution in [0.3, 0.4) is 0 Å². The van der Waals surface area contributed by atoms with Gasteiger partial charge in [-0.25, -0.2) is 4.57 Å². The number of hydrogen-bond donors (Lipinski definition) is 4. The number of unbranched alkanes of at least 4 members (excludes halogenated alkanes) is 8. The second-order valence-electron chi connectivity index (χ2n) is 14.3. The highest BCUT2D eigenvalue weighted by atomic mass is 31.2. The molecule has 59 heavy (non-hydrogen) atoms. The molecule has 13 heteroatoms. The van der Waals surface area contributed by atoms with Crippen LogP contribution < -0.4 is 5.73 Å². The van der Waals surface area contributed by atoms with Crippen LogP contribution in [0.1, 0.15) is 149 Å². The summed E-state index contributed by atoms with van der Waals surface area (Å²) in [5.74, 6) is -2.51. The van der Waals surface area contributed by atoms with E-state index in [1.165, 1.54) is 19.3 Å². The van der Waals surface area contributed by atoms with Gasteiger partial charge in [-0.2, -0.15) is 0 Å². The fourth-order valence-corrected chi connectivity index (χ4v) is 5.94. The minimum absolute atomic E-state index is 0.112. The molecular formula is C46H76NO11P. The maximum absolute atomic E-state index is 12.6. The van der Waals surface area contributed by atoms with Crippen molar-refractivity contribution in [2.24, 2.45) is 5.73 Å². The van der Waals surface area contributed by atoms with E-state index in [0.29, 0.717) is 19.3 Å². The number of phosphoric acid groups is 1. The number of carboxylic acid groups (broad SMARTS) is 1. The fraction of sp³-hybridized carbons (Fsp3) is 0.630. The average molecular weight is 850 g/mol. The quantitative estimate of drug-likeness (QED) is 0.0198. The van der Waals surface area contributed by atoms with Gasteiger partial charge in [0.1, 0.15) is 12.6 Å². The van der Waals surface area contributed by atoms with E-state index in [2.05, 4.69) is 84.4 Å². The summed E-state index contributed by atoms with van der Waals surface area (Å²) in [6.07, 6.45) is 45.9. The number of hydrogen-bond acceptors (Lipinski definition) is 10. The largest absolute Gasteiger partial charge is 0.480 e. The van der Waals surface area contributed by atoms with Crippen LogP contribution in [-0.2, 0) is 37.5 Å². The van der Waals surface area contributed by atoms with Gasteiger partial charge in [0.05, 0.1) is 19.3 Å². The summed E-state index contributed by atoms with van der Waals surface area (Å²) in [5.41, 5.74) is 5.32. The van der Waals surface area contributed by atoms with E-state index >= 15 is 0 Å². The Hall–Kier alpha value is -3.38. The number of aliphatic carboxylic acids is 1. The number of phosphoric ester groups is 1. The second-order valence-corrected chi connectivity index (χ2v) is 15.7. The predicted molar refractivity (Wildman–Crippen MR) is 236 cm³/mol. The van der Waals surface area contributed by atoms with E-state index in [1.807, 2.05) is 19.1 Å². The minimum atomic E-state index is -4.75. The zero-order valence-corrected chi connectivity index (χ0v) is 36.8. The Labute approximate surface area is 355 Å². The molecule has 0 aromatic rings. The maximum Gasteiger partial charge on any atom is 0.472 e. The van der Waals surface area contributed by atoms with Gasteiger partial charge >= 0.3 is 25.7 Å². The first-order valence-corrected chi connectivity index (χ1v) is 23.2. The lowest BCUT2D eigenvalue weighted by Gasteiger charge is -2.20. The Bertz CT molecular complexity index is 1340. The number of rotatable bonds is 39. The smallest absolute Gasteiger partial charge is 0.472 e. The second kappa shape index (κ2) is 40.0. The molecule has 0 heterocycles. The fourth-order valence-electron chi connectivity index (χ4n) is 5.16. The molecule has 0 aliphatic heterocycles. The molecule has 1 unspecified atom stereocenters. The standard InChI is InChI=1S/C46H76NO11P/c1-3-5-6-7-8-9-10-11-12-13-14-19-22-25-28-31-34-37-45(50)58-42(39-56-59(53,54)57-40-43(47)46(51)52)38-55-44(49)36-33-30-27-24-21-18-16-15-17-20-23-26-29-32-35-41(48)4-2/h8-9,11-12,14,16-20,24,26-27,29,41-43,48H,3-7,10,13,15,21-23,25,28,30-40,47H2,1-2H3,(H,51,52)(H,53,54)/b9-8-,12-11-,18-16-,19-14-,20-17-,27-24-,29-26-/t41-,42+,43-/m0/s1. The molecule has 0 aromatic carbocycles. The highest BCUT2D eigenvalue weighted by Gasteiger charge is 2.28. The van der Waals surface area contributed by atoms with Crippen molar-refractivity contribution >= 4 is 25.7 Å². The first-order chi connectivity index (χ1) is 28.5. The molecule has 0 amide bonds. The van der Waals surface area contributed by atoms with Gasteiger partial charge in [0.15, 0.2) is 6.10 Å². The van der Waals surface area contributed by atoms with Crippen molar-refractivity contribution in [3.05, 3.63) is 85.1 Å². The van der Waals surface area contributed by atoms with Gasteiger partial charge in [0, 0.05) is 12.8 Å². The van der Waals surface area contributed by atoms with Gasteiger partial charge in [-0.1, -0.05) is 125 Å². The third-order valence-corrected chi connectivity index (χ3v) is 9.73. The topological polar surface area (TPSA) is 192 Å².